The lowest BCUT2D eigenvalue weighted by atomic mass is 10.3. The third-order valence-electron chi connectivity index (χ3n) is 3.40. The van der Waals surface area contributed by atoms with Gasteiger partial charge >= 0.3 is 0 Å². The minimum absolute atomic E-state index is 0.297. The van der Waals surface area contributed by atoms with Crippen molar-refractivity contribution in [3.63, 3.8) is 0 Å². The van der Waals surface area contributed by atoms with Crippen LogP contribution in [0.25, 0.3) is 0 Å². The quantitative estimate of drug-likeness (QED) is 0.777. The number of hydrogen-bond donors (Lipinski definition) is 1. The Morgan fingerprint density at radius 1 is 1.04 bits per heavy atom. The van der Waals surface area contributed by atoms with Crippen molar-refractivity contribution >= 4 is 46.2 Å². The van der Waals surface area contributed by atoms with Gasteiger partial charge in [0.1, 0.15) is 11.6 Å². The fraction of sp³-hybridized carbons (Fsp3) is 0.125. The highest BCUT2D eigenvalue weighted by Crippen LogP contribution is 2.38. The molecule has 0 saturated carbocycles. The van der Waals surface area contributed by atoms with Crippen molar-refractivity contribution in [2.75, 3.05) is 23.9 Å². The van der Waals surface area contributed by atoms with E-state index >= 15 is 0 Å². The molecular formula is C16H13Cl3FN3. The lowest BCUT2D eigenvalue weighted by molar-refractivity contribution is 0.495. The molecule has 3 rings (SSSR count). The SMILES string of the molecule is CN1C=C(Nc2ccc(F)cc2Cl)N(c2c(Cl)cccc2Cl)C1. The molecule has 2 aromatic rings. The standard InChI is InChI=1S/C16H13Cl3FN3/c1-22-8-15(21-14-6-5-10(20)7-13(14)19)23(9-22)16-11(17)3-2-4-12(16)18/h2-8,21H,9H2,1H3. The predicted octanol–water partition coefficient (Wildman–Crippen LogP) is 5.41. The highest BCUT2D eigenvalue weighted by atomic mass is 35.5. The number of hydrogen-bond acceptors (Lipinski definition) is 3. The Hall–Kier alpha value is -1.62. The third kappa shape index (κ3) is 3.34. The molecular weight excluding hydrogens is 360 g/mol. The third-order valence-corrected chi connectivity index (χ3v) is 4.32. The molecule has 7 heteroatoms. The Labute approximate surface area is 148 Å². The van der Waals surface area contributed by atoms with Crippen molar-refractivity contribution < 1.29 is 4.39 Å². The molecule has 0 radical (unpaired) electrons. The van der Waals surface area contributed by atoms with Crippen LogP contribution in [0.3, 0.4) is 0 Å². The highest BCUT2D eigenvalue weighted by molar-refractivity contribution is 6.39. The number of para-hydroxylation sites is 1. The van der Waals surface area contributed by atoms with E-state index in [1.165, 1.54) is 12.1 Å². The van der Waals surface area contributed by atoms with Gasteiger partial charge in [-0.05, 0) is 30.3 Å². The maximum absolute atomic E-state index is 13.2. The van der Waals surface area contributed by atoms with Crippen LogP contribution in [0.15, 0.2) is 48.4 Å². The van der Waals surface area contributed by atoms with Crippen molar-refractivity contribution in [3.8, 4) is 0 Å². The summed E-state index contributed by atoms with van der Waals surface area (Å²) in [6, 6.07) is 9.55. The summed E-state index contributed by atoms with van der Waals surface area (Å²) in [5, 5.41) is 4.59. The van der Waals surface area contributed by atoms with E-state index in [0.717, 1.165) is 5.82 Å². The van der Waals surface area contributed by atoms with Crippen LogP contribution in [-0.4, -0.2) is 18.6 Å². The van der Waals surface area contributed by atoms with Crippen molar-refractivity contribution in [2.24, 2.45) is 0 Å². The van der Waals surface area contributed by atoms with Crippen LogP contribution in [0.5, 0.6) is 0 Å². The second-order valence-corrected chi connectivity index (χ2v) is 6.38. The second kappa shape index (κ2) is 6.48. The molecule has 1 heterocycles. The van der Waals surface area contributed by atoms with Gasteiger partial charge in [0.05, 0.1) is 33.1 Å². The molecule has 0 fully saturated rings. The topological polar surface area (TPSA) is 18.5 Å². The molecule has 2 aromatic carbocycles. The van der Waals surface area contributed by atoms with Gasteiger partial charge in [-0.15, -0.1) is 0 Å². The van der Waals surface area contributed by atoms with E-state index in [9.17, 15) is 4.39 Å². The van der Waals surface area contributed by atoms with Crippen LogP contribution >= 0.6 is 34.8 Å². The lowest BCUT2D eigenvalue weighted by Crippen LogP contribution is -2.27. The average molecular weight is 373 g/mol. The zero-order valence-electron chi connectivity index (χ0n) is 12.2. The van der Waals surface area contributed by atoms with Gasteiger partial charge in [-0.25, -0.2) is 4.39 Å². The number of rotatable bonds is 3. The number of halogens is 4. The number of nitrogens with zero attached hydrogens (tertiary/aromatic N) is 2. The first-order valence-corrected chi connectivity index (χ1v) is 7.95. The molecule has 3 nitrogen and oxygen atoms in total. The molecule has 0 aliphatic carbocycles. The number of benzene rings is 2. The minimum Gasteiger partial charge on any atom is -0.359 e. The summed E-state index contributed by atoms with van der Waals surface area (Å²) in [5.41, 5.74) is 1.31. The Bertz CT molecular complexity index is 759. The monoisotopic (exact) mass is 371 g/mol. The first kappa shape index (κ1) is 16.2. The predicted molar refractivity (Wildman–Crippen MR) is 94.7 cm³/mol. The van der Waals surface area contributed by atoms with Crippen LogP contribution in [0.2, 0.25) is 15.1 Å². The Kier molecular flexibility index (Phi) is 4.57. The summed E-state index contributed by atoms with van der Waals surface area (Å²) in [6.07, 6.45) is 1.90. The highest BCUT2D eigenvalue weighted by Gasteiger charge is 2.24. The Balaban J connectivity index is 1.95. The second-order valence-electron chi connectivity index (χ2n) is 5.16. The number of nitrogens with one attached hydrogen (secondary N) is 1. The van der Waals surface area contributed by atoms with Crippen molar-refractivity contribution in [1.29, 1.82) is 0 Å². The lowest BCUT2D eigenvalue weighted by Gasteiger charge is -2.25. The summed E-state index contributed by atoms with van der Waals surface area (Å²) >= 11 is 18.7. The largest absolute Gasteiger partial charge is 0.359 e. The Morgan fingerprint density at radius 3 is 2.39 bits per heavy atom. The molecule has 1 aliphatic rings. The van der Waals surface area contributed by atoms with Crippen LogP contribution in [0, 0.1) is 5.82 Å². The van der Waals surface area contributed by atoms with Gasteiger partial charge in [0, 0.05) is 13.2 Å². The summed E-state index contributed by atoms with van der Waals surface area (Å²) in [6.45, 7) is 0.574. The molecule has 1 N–H and O–H groups in total. The number of anilines is 2. The van der Waals surface area contributed by atoms with Crippen LogP contribution in [0.4, 0.5) is 15.8 Å². The van der Waals surface area contributed by atoms with E-state index in [1.54, 1.807) is 24.3 Å². The summed E-state index contributed by atoms with van der Waals surface area (Å²) in [5.74, 6) is 0.361. The van der Waals surface area contributed by atoms with Crippen molar-refractivity contribution in [2.45, 2.75) is 0 Å². The average Bonchev–Trinajstić information content (AvgIpc) is 2.82. The van der Waals surface area contributed by atoms with Gasteiger partial charge in [0.2, 0.25) is 0 Å². The van der Waals surface area contributed by atoms with Gasteiger partial charge in [-0.1, -0.05) is 40.9 Å². The van der Waals surface area contributed by atoms with Crippen LogP contribution < -0.4 is 10.2 Å². The zero-order chi connectivity index (χ0) is 16.6. The van der Waals surface area contributed by atoms with Gasteiger partial charge in [-0.3, -0.25) is 0 Å². The molecule has 0 atom stereocenters. The fourth-order valence-electron chi connectivity index (χ4n) is 2.39. The summed E-state index contributed by atoms with van der Waals surface area (Å²) in [4.78, 5) is 3.91. The first-order valence-electron chi connectivity index (χ1n) is 6.81. The molecule has 0 saturated heterocycles. The molecule has 120 valence electrons. The fourth-order valence-corrected chi connectivity index (χ4v) is 3.20. The van der Waals surface area contributed by atoms with Crippen LogP contribution in [-0.2, 0) is 0 Å². The maximum atomic E-state index is 13.2. The first-order chi connectivity index (χ1) is 11.0. The Morgan fingerprint density at radius 2 is 1.74 bits per heavy atom. The molecule has 1 aliphatic heterocycles. The minimum atomic E-state index is -0.385. The molecule has 0 amide bonds. The van der Waals surface area contributed by atoms with Gasteiger partial charge in [0.15, 0.2) is 0 Å². The van der Waals surface area contributed by atoms with E-state index in [4.69, 9.17) is 34.8 Å². The normalized spacial score (nSPS) is 14.2. The van der Waals surface area contributed by atoms with Gasteiger partial charge in [-0.2, -0.15) is 0 Å². The van der Waals surface area contributed by atoms with E-state index < -0.39 is 0 Å². The molecule has 0 bridgehead atoms. The van der Waals surface area contributed by atoms with E-state index in [0.29, 0.717) is 33.1 Å². The van der Waals surface area contributed by atoms with Crippen molar-refractivity contribution in [1.82, 2.24) is 4.90 Å². The molecule has 0 aromatic heterocycles. The molecule has 0 unspecified atom stereocenters. The van der Waals surface area contributed by atoms with Gasteiger partial charge in [0.25, 0.3) is 0 Å². The maximum Gasteiger partial charge on any atom is 0.128 e. The molecule has 0 spiro atoms. The van der Waals surface area contributed by atoms with E-state index in [1.807, 2.05) is 23.0 Å². The van der Waals surface area contributed by atoms with E-state index in [-0.39, 0.29) is 5.82 Å². The summed E-state index contributed by atoms with van der Waals surface area (Å²) in [7, 11) is 1.93. The van der Waals surface area contributed by atoms with Crippen LogP contribution in [0.1, 0.15) is 0 Å². The summed E-state index contributed by atoms with van der Waals surface area (Å²) < 4.78 is 13.2. The van der Waals surface area contributed by atoms with Crippen molar-refractivity contribution in [3.05, 3.63) is 69.3 Å². The smallest absolute Gasteiger partial charge is 0.128 e. The zero-order valence-corrected chi connectivity index (χ0v) is 14.4. The van der Waals surface area contributed by atoms with E-state index in [2.05, 4.69) is 5.32 Å². The van der Waals surface area contributed by atoms with Gasteiger partial charge < -0.3 is 15.1 Å². The molecule has 23 heavy (non-hydrogen) atoms.